The molecule has 1 aromatic rings. The minimum Gasteiger partial charge on any atom is -0.492 e. The van der Waals surface area contributed by atoms with Crippen LogP contribution in [-0.4, -0.2) is 44.7 Å². The van der Waals surface area contributed by atoms with Crippen LogP contribution in [0.25, 0.3) is 0 Å². The van der Waals surface area contributed by atoms with Crippen LogP contribution >= 0.6 is 35.6 Å². The summed E-state index contributed by atoms with van der Waals surface area (Å²) in [5, 5.41) is 3.99. The van der Waals surface area contributed by atoms with Crippen LogP contribution in [0.3, 0.4) is 0 Å². The molecule has 0 fully saturated rings. The Balaban J connectivity index is 0.00000361. The predicted octanol–water partition coefficient (Wildman–Crippen LogP) is 3.25. The van der Waals surface area contributed by atoms with E-state index in [-0.39, 0.29) is 24.0 Å². The largest absolute Gasteiger partial charge is 0.492 e. The van der Waals surface area contributed by atoms with Gasteiger partial charge in [-0.2, -0.15) is 0 Å². The van der Waals surface area contributed by atoms with Gasteiger partial charge in [0.05, 0.1) is 6.54 Å². The van der Waals surface area contributed by atoms with Crippen molar-refractivity contribution in [1.29, 1.82) is 0 Å². The summed E-state index contributed by atoms with van der Waals surface area (Å²) in [6, 6.07) is 7.38. The van der Waals surface area contributed by atoms with Crippen molar-refractivity contribution in [2.24, 2.45) is 4.99 Å². The lowest BCUT2D eigenvalue weighted by molar-refractivity contribution is 0.281. The highest BCUT2D eigenvalue weighted by Gasteiger charge is 2.04. The van der Waals surface area contributed by atoms with E-state index in [1.807, 2.05) is 36.2 Å². The fourth-order valence-corrected chi connectivity index (χ4v) is 1.68. The molecule has 0 heterocycles. The molecule has 0 saturated heterocycles. The molecule has 6 heteroatoms. The molecule has 0 bridgehead atoms. The number of nitrogens with zero attached hydrogens (tertiary/aromatic N) is 2. The number of aliphatic imine (C=N–C) groups is 1. The average Bonchev–Trinajstić information content (AvgIpc) is 2.42. The maximum Gasteiger partial charge on any atom is 0.193 e. The summed E-state index contributed by atoms with van der Waals surface area (Å²) in [7, 11) is 3.78. The van der Waals surface area contributed by atoms with Gasteiger partial charge in [-0.25, -0.2) is 0 Å². The third-order valence-corrected chi connectivity index (χ3v) is 2.87. The van der Waals surface area contributed by atoms with Crippen LogP contribution in [0.1, 0.15) is 13.3 Å². The van der Waals surface area contributed by atoms with E-state index in [0.717, 1.165) is 31.2 Å². The van der Waals surface area contributed by atoms with Crippen LogP contribution in [0.5, 0.6) is 5.75 Å². The standard InChI is InChI=1S/C14H22ClN3O.HI/c1-4-9-17-14(16-2)18(3)10-11-19-13-7-5-12(15)6-8-13;/h5-8H,4,9-11H2,1-3H3,(H,16,17);1H. The van der Waals surface area contributed by atoms with E-state index in [1.54, 1.807) is 7.05 Å². The maximum atomic E-state index is 5.82. The van der Waals surface area contributed by atoms with Gasteiger partial charge in [-0.1, -0.05) is 18.5 Å². The Bertz CT molecular complexity index is 398. The summed E-state index contributed by atoms with van der Waals surface area (Å²) in [4.78, 5) is 6.27. The average molecular weight is 412 g/mol. The second-order valence-corrected chi connectivity index (χ2v) is 4.63. The zero-order valence-electron chi connectivity index (χ0n) is 12.2. The van der Waals surface area contributed by atoms with Gasteiger partial charge in [0.15, 0.2) is 5.96 Å². The number of hydrogen-bond donors (Lipinski definition) is 1. The van der Waals surface area contributed by atoms with E-state index in [0.29, 0.717) is 11.6 Å². The zero-order valence-corrected chi connectivity index (χ0v) is 15.3. The van der Waals surface area contributed by atoms with Crippen LogP contribution in [0.2, 0.25) is 5.02 Å². The lowest BCUT2D eigenvalue weighted by Crippen LogP contribution is -2.41. The molecule has 1 aromatic carbocycles. The first kappa shape index (κ1) is 19.3. The molecule has 20 heavy (non-hydrogen) atoms. The van der Waals surface area contributed by atoms with Crippen molar-refractivity contribution in [2.45, 2.75) is 13.3 Å². The molecule has 0 aliphatic carbocycles. The van der Waals surface area contributed by atoms with Gasteiger partial charge < -0.3 is 15.0 Å². The molecular formula is C14H23ClIN3O. The number of benzene rings is 1. The minimum atomic E-state index is 0. The van der Waals surface area contributed by atoms with Gasteiger partial charge in [-0.05, 0) is 30.7 Å². The molecule has 0 aliphatic rings. The quantitative estimate of drug-likeness (QED) is 0.443. The molecule has 0 spiro atoms. The number of nitrogens with one attached hydrogen (secondary N) is 1. The van der Waals surface area contributed by atoms with Crippen LogP contribution in [0.4, 0.5) is 0 Å². The van der Waals surface area contributed by atoms with E-state index < -0.39 is 0 Å². The molecule has 4 nitrogen and oxygen atoms in total. The Hall–Kier alpha value is -0.690. The highest BCUT2D eigenvalue weighted by atomic mass is 127. The first-order valence-electron chi connectivity index (χ1n) is 6.47. The fraction of sp³-hybridized carbons (Fsp3) is 0.500. The lowest BCUT2D eigenvalue weighted by Gasteiger charge is -2.21. The number of ether oxygens (including phenoxy) is 1. The SMILES string of the molecule is CCCNC(=NC)N(C)CCOc1ccc(Cl)cc1.I. The molecule has 0 aliphatic heterocycles. The Labute approximate surface area is 143 Å². The van der Waals surface area contributed by atoms with Crippen molar-refractivity contribution in [2.75, 3.05) is 33.8 Å². The van der Waals surface area contributed by atoms with Gasteiger partial charge in [0, 0.05) is 25.7 Å². The maximum absolute atomic E-state index is 5.82. The van der Waals surface area contributed by atoms with Crippen LogP contribution in [0.15, 0.2) is 29.3 Å². The molecule has 1 N–H and O–H groups in total. The van der Waals surface area contributed by atoms with Gasteiger partial charge in [-0.3, -0.25) is 4.99 Å². The molecule has 114 valence electrons. The molecule has 0 saturated carbocycles. The Kier molecular flexibility index (Phi) is 10.6. The van der Waals surface area contributed by atoms with E-state index in [1.165, 1.54) is 0 Å². The smallest absolute Gasteiger partial charge is 0.193 e. The van der Waals surface area contributed by atoms with Crippen LogP contribution in [-0.2, 0) is 0 Å². The van der Waals surface area contributed by atoms with Gasteiger partial charge in [-0.15, -0.1) is 24.0 Å². The van der Waals surface area contributed by atoms with E-state index in [4.69, 9.17) is 16.3 Å². The molecule has 1 rings (SSSR count). The summed E-state index contributed by atoms with van der Waals surface area (Å²) in [5.41, 5.74) is 0. The second kappa shape index (κ2) is 11.0. The number of halogens is 2. The molecule has 0 unspecified atom stereocenters. The summed E-state index contributed by atoms with van der Waals surface area (Å²) < 4.78 is 5.65. The zero-order chi connectivity index (χ0) is 14.1. The highest BCUT2D eigenvalue weighted by molar-refractivity contribution is 14.0. The number of rotatable bonds is 6. The van der Waals surface area contributed by atoms with Crippen molar-refractivity contribution in [3.8, 4) is 5.75 Å². The van der Waals surface area contributed by atoms with Crippen LogP contribution in [0, 0.1) is 0 Å². The molecular weight excluding hydrogens is 389 g/mol. The third-order valence-electron chi connectivity index (χ3n) is 2.62. The topological polar surface area (TPSA) is 36.9 Å². The minimum absolute atomic E-state index is 0. The molecule has 0 radical (unpaired) electrons. The molecule has 0 aromatic heterocycles. The van der Waals surface area contributed by atoms with Crippen molar-refractivity contribution >= 4 is 41.5 Å². The van der Waals surface area contributed by atoms with Crippen LogP contribution < -0.4 is 10.1 Å². The summed E-state index contributed by atoms with van der Waals surface area (Å²) in [6.45, 7) is 4.43. The number of hydrogen-bond acceptors (Lipinski definition) is 2. The van der Waals surface area contributed by atoms with Gasteiger partial charge in [0.25, 0.3) is 0 Å². The summed E-state index contributed by atoms with van der Waals surface area (Å²) in [5.74, 6) is 1.72. The monoisotopic (exact) mass is 411 g/mol. The number of guanidine groups is 1. The van der Waals surface area contributed by atoms with Crippen molar-refractivity contribution in [3.05, 3.63) is 29.3 Å². The first-order chi connectivity index (χ1) is 9.17. The third kappa shape index (κ3) is 7.19. The van der Waals surface area contributed by atoms with Gasteiger partial charge >= 0.3 is 0 Å². The Morgan fingerprint density at radius 1 is 1.35 bits per heavy atom. The van der Waals surface area contributed by atoms with Gasteiger partial charge in [0.2, 0.25) is 0 Å². The first-order valence-corrected chi connectivity index (χ1v) is 6.85. The molecule has 0 amide bonds. The van der Waals surface area contributed by atoms with E-state index in [9.17, 15) is 0 Å². The highest BCUT2D eigenvalue weighted by Crippen LogP contribution is 2.15. The Morgan fingerprint density at radius 3 is 2.55 bits per heavy atom. The lowest BCUT2D eigenvalue weighted by atomic mass is 10.3. The van der Waals surface area contributed by atoms with E-state index in [2.05, 4.69) is 17.2 Å². The number of likely N-dealkylation sites (N-methyl/N-ethyl adjacent to an activating group) is 1. The Morgan fingerprint density at radius 2 is 2.00 bits per heavy atom. The van der Waals surface area contributed by atoms with Crippen molar-refractivity contribution in [3.63, 3.8) is 0 Å². The normalized spacial score (nSPS) is 10.7. The van der Waals surface area contributed by atoms with E-state index >= 15 is 0 Å². The summed E-state index contributed by atoms with van der Waals surface area (Å²) >= 11 is 5.82. The fourth-order valence-electron chi connectivity index (χ4n) is 1.56. The molecule has 0 atom stereocenters. The van der Waals surface area contributed by atoms with Gasteiger partial charge in [0.1, 0.15) is 12.4 Å². The van der Waals surface area contributed by atoms with Crippen molar-refractivity contribution in [1.82, 2.24) is 10.2 Å². The predicted molar refractivity (Wildman–Crippen MR) is 96.6 cm³/mol. The van der Waals surface area contributed by atoms with Crippen molar-refractivity contribution < 1.29 is 4.74 Å². The second-order valence-electron chi connectivity index (χ2n) is 4.20. The summed E-state index contributed by atoms with van der Waals surface area (Å²) in [6.07, 6.45) is 1.08.